The fourth-order valence-electron chi connectivity index (χ4n) is 2.80. The number of carboxylic acids is 1. The van der Waals surface area contributed by atoms with E-state index >= 15 is 0 Å². The highest BCUT2D eigenvalue weighted by Gasteiger charge is 2.41. The Morgan fingerprint density at radius 3 is 2.68 bits per heavy atom. The lowest BCUT2D eigenvalue weighted by Crippen LogP contribution is -2.49. The minimum absolute atomic E-state index is 0.0837. The first kappa shape index (κ1) is 14.1. The minimum Gasteiger partial charge on any atom is -0.481 e. The Morgan fingerprint density at radius 1 is 1.47 bits per heavy atom. The summed E-state index contributed by atoms with van der Waals surface area (Å²) in [7, 11) is 0. The largest absolute Gasteiger partial charge is 0.481 e. The van der Waals surface area contributed by atoms with Crippen LogP contribution < -0.4 is 5.32 Å². The number of hydrogen-bond acceptors (Lipinski definition) is 3. The monoisotopic (exact) mass is 270 g/mol. The van der Waals surface area contributed by atoms with E-state index in [2.05, 4.69) is 5.32 Å². The molecule has 0 aromatic rings. The number of urea groups is 1. The van der Waals surface area contributed by atoms with Crippen molar-refractivity contribution in [2.24, 2.45) is 5.92 Å². The zero-order valence-corrected chi connectivity index (χ0v) is 11.5. The Bertz CT molecular complexity index is 361. The van der Waals surface area contributed by atoms with Gasteiger partial charge >= 0.3 is 12.0 Å². The Balaban J connectivity index is 1.85. The predicted molar refractivity (Wildman–Crippen MR) is 68.9 cm³/mol. The van der Waals surface area contributed by atoms with Crippen molar-refractivity contribution in [3.05, 3.63) is 0 Å². The average Bonchev–Trinajstić information content (AvgIpc) is 2.97. The molecule has 2 N–H and O–H groups in total. The molecule has 0 aromatic carbocycles. The predicted octanol–water partition coefficient (Wildman–Crippen LogP) is 1.06. The van der Waals surface area contributed by atoms with E-state index in [1.807, 2.05) is 6.92 Å². The van der Waals surface area contributed by atoms with Crippen molar-refractivity contribution in [3.8, 4) is 0 Å². The summed E-state index contributed by atoms with van der Waals surface area (Å²) in [6.07, 6.45) is 3.41. The lowest BCUT2D eigenvalue weighted by molar-refractivity contribution is -0.141. The summed E-state index contributed by atoms with van der Waals surface area (Å²) in [6.45, 7) is 4.20. The first-order valence-electron chi connectivity index (χ1n) is 6.95. The van der Waals surface area contributed by atoms with Crippen molar-refractivity contribution < 1.29 is 19.4 Å². The Labute approximate surface area is 113 Å². The molecule has 2 saturated heterocycles. The van der Waals surface area contributed by atoms with E-state index in [9.17, 15) is 9.59 Å². The molecule has 2 amide bonds. The molecule has 0 saturated carbocycles. The fraction of sp³-hybridized carbons (Fsp3) is 0.846. The molecule has 19 heavy (non-hydrogen) atoms. The van der Waals surface area contributed by atoms with Crippen LogP contribution in [0.5, 0.6) is 0 Å². The van der Waals surface area contributed by atoms with Crippen LogP contribution >= 0.6 is 0 Å². The van der Waals surface area contributed by atoms with Gasteiger partial charge in [-0.15, -0.1) is 0 Å². The van der Waals surface area contributed by atoms with E-state index in [-0.39, 0.29) is 24.7 Å². The molecule has 4 unspecified atom stereocenters. The zero-order chi connectivity index (χ0) is 14.0. The summed E-state index contributed by atoms with van der Waals surface area (Å²) >= 11 is 0. The van der Waals surface area contributed by atoms with E-state index in [0.29, 0.717) is 12.6 Å². The molecule has 2 aliphatic rings. The third-order valence-electron chi connectivity index (χ3n) is 4.00. The van der Waals surface area contributed by atoms with Gasteiger partial charge < -0.3 is 20.1 Å². The quantitative estimate of drug-likeness (QED) is 0.783. The molecule has 0 spiro atoms. The number of rotatable bonds is 5. The van der Waals surface area contributed by atoms with Crippen LogP contribution in [-0.4, -0.2) is 53.3 Å². The minimum atomic E-state index is -0.880. The second-order valence-corrected chi connectivity index (χ2v) is 5.44. The number of nitrogens with zero attached hydrogens (tertiary/aromatic N) is 1. The van der Waals surface area contributed by atoms with Crippen molar-refractivity contribution in [2.75, 3.05) is 13.1 Å². The number of ether oxygens (including phenoxy) is 1. The fourth-order valence-corrected chi connectivity index (χ4v) is 2.80. The molecule has 0 aliphatic carbocycles. The molecule has 6 heteroatoms. The van der Waals surface area contributed by atoms with Crippen LogP contribution in [0.3, 0.4) is 0 Å². The second-order valence-electron chi connectivity index (χ2n) is 5.44. The molecule has 0 radical (unpaired) electrons. The highest BCUT2D eigenvalue weighted by Crippen LogP contribution is 2.34. The molecule has 2 bridgehead atoms. The summed E-state index contributed by atoms with van der Waals surface area (Å²) in [4.78, 5) is 24.5. The third kappa shape index (κ3) is 3.18. The van der Waals surface area contributed by atoms with Gasteiger partial charge in [-0.1, -0.05) is 6.92 Å². The zero-order valence-electron chi connectivity index (χ0n) is 11.5. The molecular weight excluding hydrogens is 248 g/mol. The lowest BCUT2D eigenvalue weighted by Gasteiger charge is -2.27. The van der Waals surface area contributed by atoms with Gasteiger partial charge in [0.25, 0.3) is 0 Å². The lowest BCUT2D eigenvalue weighted by atomic mass is 9.96. The van der Waals surface area contributed by atoms with Gasteiger partial charge in [-0.05, 0) is 26.2 Å². The van der Waals surface area contributed by atoms with Crippen LogP contribution in [0.15, 0.2) is 0 Å². The van der Waals surface area contributed by atoms with Gasteiger partial charge in [0.1, 0.15) is 0 Å². The highest BCUT2D eigenvalue weighted by molar-refractivity contribution is 5.76. The van der Waals surface area contributed by atoms with Crippen molar-refractivity contribution in [2.45, 2.75) is 51.4 Å². The third-order valence-corrected chi connectivity index (χ3v) is 4.00. The number of aliphatic carboxylic acids is 1. The van der Waals surface area contributed by atoms with Gasteiger partial charge in [0.15, 0.2) is 0 Å². The number of nitrogens with one attached hydrogen (secondary N) is 1. The van der Waals surface area contributed by atoms with Crippen LogP contribution in [-0.2, 0) is 9.53 Å². The molecule has 4 atom stereocenters. The van der Waals surface area contributed by atoms with E-state index in [1.54, 1.807) is 11.8 Å². The highest BCUT2D eigenvalue weighted by atomic mass is 16.5. The molecule has 2 heterocycles. The van der Waals surface area contributed by atoms with Gasteiger partial charge in [-0.25, -0.2) is 4.79 Å². The molecule has 2 aliphatic heterocycles. The number of carboxylic acid groups (broad SMARTS) is 1. The molecule has 2 fully saturated rings. The average molecular weight is 270 g/mol. The van der Waals surface area contributed by atoms with Gasteiger partial charge in [0.2, 0.25) is 0 Å². The van der Waals surface area contributed by atoms with Gasteiger partial charge in [-0.3, -0.25) is 4.79 Å². The molecule has 6 nitrogen and oxygen atoms in total. The topological polar surface area (TPSA) is 78.9 Å². The van der Waals surface area contributed by atoms with Crippen molar-refractivity contribution in [1.82, 2.24) is 10.2 Å². The number of amides is 2. The Morgan fingerprint density at radius 2 is 2.21 bits per heavy atom. The standard InChI is InChI=1S/C13H22N2O4/c1-3-15(7-8(2)12(16)17)13(18)14-10-6-9-4-5-11(10)19-9/h8-11H,3-7H2,1-2H3,(H,14,18)(H,16,17). The summed E-state index contributed by atoms with van der Waals surface area (Å²) in [6, 6.07) is -0.0998. The maximum Gasteiger partial charge on any atom is 0.317 e. The van der Waals surface area contributed by atoms with Crippen LogP contribution in [0.1, 0.15) is 33.1 Å². The molecular formula is C13H22N2O4. The summed E-state index contributed by atoms with van der Waals surface area (Å²) in [5, 5.41) is 11.9. The smallest absolute Gasteiger partial charge is 0.317 e. The molecule has 0 aromatic heterocycles. The van der Waals surface area contributed by atoms with E-state index in [1.165, 1.54) is 0 Å². The Hall–Kier alpha value is -1.30. The SMILES string of the molecule is CCN(CC(C)C(=O)O)C(=O)NC1CC2CCC1O2. The summed E-state index contributed by atoms with van der Waals surface area (Å²) in [5.41, 5.74) is 0. The van der Waals surface area contributed by atoms with Gasteiger partial charge in [0, 0.05) is 13.1 Å². The normalized spacial score (nSPS) is 30.1. The second kappa shape index (κ2) is 5.77. The van der Waals surface area contributed by atoms with E-state index in [4.69, 9.17) is 9.84 Å². The van der Waals surface area contributed by atoms with Crippen LogP contribution in [0, 0.1) is 5.92 Å². The first-order chi connectivity index (χ1) is 9.01. The van der Waals surface area contributed by atoms with Crippen LogP contribution in [0.2, 0.25) is 0 Å². The Kier molecular flexibility index (Phi) is 4.29. The van der Waals surface area contributed by atoms with Crippen molar-refractivity contribution >= 4 is 12.0 Å². The van der Waals surface area contributed by atoms with Gasteiger partial charge in [0.05, 0.1) is 24.2 Å². The van der Waals surface area contributed by atoms with Crippen molar-refractivity contribution in [3.63, 3.8) is 0 Å². The molecule has 2 rings (SSSR count). The number of hydrogen-bond donors (Lipinski definition) is 2. The van der Waals surface area contributed by atoms with Gasteiger partial charge in [-0.2, -0.15) is 0 Å². The summed E-state index contributed by atoms with van der Waals surface area (Å²) in [5.74, 6) is -1.43. The van der Waals surface area contributed by atoms with Crippen molar-refractivity contribution in [1.29, 1.82) is 0 Å². The first-order valence-corrected chi connectivity index (χ1v) is 6.95. The van der Waals surface area contributed by atoms with Crippen LogP contribution in [0.4, 0.5) is 4.79 Å². The molecule has 108 valence electrons. The number of carbonyl (C=O) groups is 2. The maximum atomic E-state index is 12.1. The number of fused-ring (bicyclic) bond motifs is 2. The maximum absolute atomic E-state index is 12.1. The number of carbonyl (C=O) groups excluding carboxylic acids is 1. The van der Waals surface area contributed by atoms with E-state index < -0.39 is 11.9 Å². The van der Waals surface area contributed by atoms with Crippen LogP contribution in [0.25, 0.3) is 0 Å². The summed E-state index contributed by atoms with van der Waals surface area (Å²) < 4.78 is 5.69. The van der Waals surface area contributed by atoms with E-state index in [0.717, 1.165) is 19.3 Å².